The zero-order valence-corrected chi connectivity index (χ0v) is 31.0. The molecule has 4 aromatic rings. The van der Waals surface area contributed by atoms with Crippen molar-refractivity contribution in [1.82, 2.24) is 15.1 Å². The molecule has 2 aliphatic rings. The number of hydrogen-bond donors (Lipinski definition) is 2. The number of carbonyl (C=O) groups is 4. The van der Waals surface area contributed by atoms with Crippen molar-refractivity contribution in [3.8, 4) is 0 Å². The van der Waals surface area contributed by atoms with Crippen molar-refractivity contribution in [2.24, 2.45) is 0 Å². The van der Waals surface area contributed by atoms with Gasteiger partial charge in [0.15, 0.2) is 0 Å². The van der Waals surface area contributed by atoms with Crippen LogP contribution >= 0.6 is 0 Å². The van der Waals surface area contributed by atoms with Crippen LogP contribution in [0.25, 0.3) is 6.08 Å². The first-order chi connectivity index (χ1) is 26.6. The quantitative estimate of drug-likeness (QED) is 0.151. The van der Waals surface area contributed by atoms with Gasteiger partial charge in [0.1, 0.15) is 24.4 Å². The van der Waals surface area contributed by atoms with Crippen molar-refractivity contribution in [3.05, 3.63) is 161 Å². The third kappa shape index (κ3) is 8.92. The summed E-state index contributed by atoms with van der Waals surface area (Å²) >= 11 is 0. The van der Waals surface area contributed by atoms with Crippen molar-refractivity contribution in [2.45, 2.75) is 43.0 Å². The monoisotopic (exact) mass is 743 g/mol. The maximum atomic E-state index is 14.5. The number of fused-ring (bicyclic) bond motifs is 1. The van der Waals surface area contributed by atoms with Crippen LogP contribution in [0.4, 0.5) is 0 Å². The van der Waals surface area contributed by atoms with Gasteiger partial charge >= 0.3 is 5.97 Å². The highest BCUT2D eigenvalue weighted by molar-refractivity contribution is 5.97. The molecule has 4 unspecified atom stereocenters. The van der Waals surface area contributed by atoms with E-state index in [4.69, 9.17) is 14.2 Å². The molecule has 11 nitrogen and oxygen atoms in total. The van der Waals surface area contributed by atoms with E-state index < -0.39 is 47.9 Å². The Bertz CT molecular complexity index is 1990. The van der Waals surface area contributed by atoms with Gasteiger partial charge in [-0.15, -0.1) is 0 Å². The van der Waals surface area contributed by atoms with E-state index in [9.17, 15) is 24.3 Å². The molecule has 4 atom stereocenters. The Morgan fingerprint density at radius 2 is 1.51 bits per heavy atom. The Kier molecular flexibility index (Phi) is 12.4. The Labute approximate surface area is 320 Å². The number of likely N-dealkylation sites (N-methyl/N-ethyl adjacent to an activating group) is 2. The maximum absolute atomic E-state index is 14.5. The average Bonchev–Trinajstić information content (AvgIpc) is 3.63. The second-order valence-corrected chi connectivity index (χ2v) is 13.7. The first-order valence-corrected chi connectivity index (χ1v) is 18.2. The molecule has 0 saturated carbocycles. The lowest BCUT2D eigenvalue weighted by atomic mass is 9.90. The number of aliphatic hydroxyl groups excluding tert-OH is 1. The van der Waals surface area contributed by atoms with E-state index in [0.29, 0.717) is 16.7 Å². The Balaban J connectivity index is 1.35. The highest BCUT2D eigenvalue weighted by Crippen LogP contribution is 2.47. The maximum Gasteiger partial charge on any atom is 0.338 e. The molecule has 1 heterocycles. The fourth-order valence-electron chi connectivity index (χ4n) is 6.78. The highest BCUT2D eigenvalue weighted by Gasteiger charge is 2.55. The predicted molar refractivity (Wildman–Crippen MR) is 206 cm³/mol. The number of nitrogens with one attached hydrogen (secondary N) is 1. The molecule has 1 fully saturated rings. The number of aliphatic hydroxyl groups is 1. The fourth-order valence-corrected chi connectivity index (χ4v) is 6.78. The molecule has 2 N–H and O–H groups in total. The number of amides is 3. The number of benzene rings is 4. The highest BCUT2D eigenvalue weighted by atomic mass is 16.8. The molecular formula is C44H45N3O8. The van der Waals surface area contributed by atoms with Crippen molar-refractivity contribution in [2.75, 3.05) is 34.3 Å². The molecule has 0 radical (unpaired) electrons. The zero-order chi connectivity index (χ0) is 39.0. The Hall–Kier alpha value is -5.88. The molecular weight excluding hydrogens is 698 g/mol. The van der Waals surface area contributed by atoms with Gasteiger partial charge in [0.05, 0.1) is 12.2 Å². The number of hydrogen-bond acceptors (Lipinski definition) is 8. The zero-order valence-electron chi connectivity index (χ0n) is 31.0. The third-order valence-corrected chi connectivity index (χ3v) is 9.68. The Morgan fingerprint density at radius 3 is 2.13 bits per heavy atom. The van der Waals surface area contributed by atoms with Crippen molar-refractivity contribution in [3.63, 3.8) is 0 Å². The molecule has 1 aliphatic carbocycles. The summed E-state index contributed by atoms with van der Waals surface area (Å²) in [5, 5.41) is 12.1. The average molecular weight is 744 g/mol. The first kappa shape index (κ1) is 38.8. The van der Waals surface area contributed by atoms with E-state index >= 15 is 0 Å². The molecule has 0 spiro atoms. The first-order valence-electron chi connectivity index (χ1n) is 18.2. The van der Waals surface area contributed by atoms with E-state index in [-0.39, 0.29) is 43.0 Å². The van der Waals surface area contributed by atoms with E-state index in [1.54, 1.807) is 57.6 Å². The summed E-state index contributed by atoms with van der Waals surface area (Å²) in [6.45, 7) is -0.218. The Morgan fingerprint density at radius 1 is 0.873 bits per heavy atom. The summed E-state index contributed by atoms with van der Waals surface area (Å²) < 4.78 is 19.9. The van der Waals surface area contributed by atoms with Crippen LogP contribution in [0.2, 0.25) is 0 Å². The van der Waals surface area contributed by atoms with Gasteiger partial charge in [-0.3, -0.25) is 14.4 Å². The van der Waals surface area contributed by atoms with Crippen molar-refractivity contribution >= 4 is 29.8 Å². The van der Waals surface area contributed by atoms with Crippen LogP contribution in [0.3, 0.4) is 0 Å². The van der Waals surface area contributed by atoms with Gasteiger partial charge in [-0.2, -0.15) is 0 Å². The van der Waals surface area contributed by atoms with Crippen LogP contribution < -0.4 is 5.32 Å². The normalized spacial score (nSPS) is 19.1. The summed E-state index contributed by atoms with van der Waals surface area (Å²) in [6, 6.07) is 34.1. The lowest BCUT2D eigenvalue weighted by Crippen LogP contribution is -2.51. The molecule has 1 aliphatic heterocycles. The van der Waals surface area contributed by atoms with Crippen molar-refractivity contribution in [1.29, 1.82) is 0 Å². The molecule has 0 aromatic heterocycles. The number of rotatable bonds is 13. The van der Waals surface area contributed by atoms with Crippen LogP contribution in [-0.4, -0.2) is 97.2 Å². The molecule has 1 saturated heterocycles. The predicted octanol–water partition coefficient (Wildman–Crippen LogP) is 4.51. The van der Waals surface area contributed by atoms with E-state index in [1.165, 1.54) is 15.9 Å². The van der Waals surface area contributed by atoms with Gasteiger partial charge in [0, 0.05) is 63.3 Å². The minimum Gasteiger partial charge on any atom is -0.456 e. The van der Waals surface area contributed by atoms with Crippen LogP contribution in [0.15, 0.2) is 133 Å². The molecule has 3 amide bonds. The number of esters is 1. The molecule has 4 aromatic carbocycles. The number of ether oxygens (including phenoxy) is 3. The van der Waals surface area contributed by atoms with E-state index in [1.807, 2.05) is 91.0 Å². The van der Waals surface area contributed by atoms with Gasteiger partial charge in [0.25, 0.3) is 0 Å². The number of nitrogens with zero attached hydrogens (tertiary/aromatic N) is 2. The smallest absolute Gasteiger partial charge is 0.338 e. The largest absolute Gasteiger partial charge is 0.456 e. The summed E-state index contributed by atoms with van der Waals surface area (Å²) in [4.78, 5) is 56.8. The second-order valence-electron chi connectivity index (χ2n) is 13.7. The van der Waals surface area contributed by atoms with Crippen LogP contribution in [0, 0.1) is 0 Å². The van der Waals surface area contributed by atoms with E-state index in [2.05, 4.69) is 5.32 Å². The molecule has 11 heteroatoms. The van der Waals surface area contributed by atoms with Crippen LogP contribution in [-0.2, 0) is 40.8 Å². The second kappa shape index (κ2) is 17.5. The molecule has 55 heavy (non-hydrogen) atoms. The van der Waals surface area contributed by atoms with Crippen LogP contribution in [0.1, 0.15) is 39.0 Å². The third-order valence-electron chi connectivity index (χ3n) is 9.68. The molecule has 6 rings (SSSR count). The lowest BCUT2D eigenvalue weighted by molar-refractivity contribution is -0.157. The molecule has 0 bridgehead atoms. The number of carbonyl (C=O) groups excluding carboxylic acids is 4. The molecule has 284 valence electrons. The SMILES string of the molecule is CN(C)C(=O)C=Cc1cccc(C(=O)OC2CC(C(=O)N(C)C(Cc3ccccc3)C(=O)NCCO)=CC3OC(c4ccccc4)(c4ccccc4)OC32)c1. The lowest BCUT2D eigenvalue weighted by Gasteiger charge is -2.33. The summed E-state index contributed by atoms with van der Waals surface area (Å²) in [7, 11) is 4.86. The summed E-state index contributed by atoms with van der Waals surface area (Å²) in [5.41, 5.74) is 3.44. The summed E-state index contributed by atoms with van der Waals surface area (Å²) in [5.74, 6) is -3.11. The van der Waals surface area contributed by atoms with Gasteiger partial charge in [-0.1, -0.05) is 103 Å². The van der Waals surface area contributed by atoms with Gasteiger partial charge in [-0.05, 0) is 35.4 Å². The van der Waals surface area contributed by atoms with Crippen molar-refractivity contribution < 1.29 is 38.5 Å². The van der Waals surface area contributed by atoms with Gasteiger partial charge in [0.2, 0.25) is 23.5 Å². The minimum atomic E-state index is -1.40. The summed E-state index contributed by atoms with van der Waals surface area (Å²) in [6.07, 6.45) is 2.33. The fraction of sp³-hybridized carbons (Fsp3) is 0.273. The van der Waals surface area contributed by atoms with Crippen LogP contribution in [0.5, 0.6) is 0 Å². The topological polar surface area (TPSA) is 135 Å². The standard InChI is InChI=1S/C44H45N3O8/c1-46(2)39(49)23-22-31-16-13-17-32(26-31)43(52)53-37-28-33(42(51)47(3)36(41(50)45-24-25-48)27-30-14-7-4-8-15-30)29-38-40(37)55-44(54-38,34-18-9-5-10-19-34)35-20-11-6-12-21-35/h4-23,26,29,36-38,40,48H,24-25,27-28H2,1-3H3,(H,45,50). The van der Waals surface area contributed by atoms with Gasteiger partial charge in [-0.25, -0.2) is 4.79 Å². The van der Waals surface area contributed by atoms with Gasteiger partial charge < -0.3 is 34.4 Å². The van der Waals surface area contributed by atoms with E-state index in [0.717, 1.165) is 5.56 Å². The minimum absolute atomic E-state index is 0.0215.